The summed E-state index contributed by atoms with van der Waals surface area (Å²) in [6.45, 7) is 4.18. The Hall–Kier alpha value is -2.40. The van der Waals surface area contributed by atoms with E-state index in [4.69, 9.17) is 4.74 Å². The highest BCUT2D eigenvalue weighted by Gasteiger charge is 2.09. The van der Waals surface area contributed by atoms with Crippen molar-refractivity contribution >= 4 is 32.6 Å². The Labute approximate surface area is 151 Å². The summed E-state index contributed by atoms with van der Waals surface area (Å²) < 4.78 is 6.60. The number of benzene rings is 2. The number of fused-ring (bicyclic) bond motifs is 1. The minimum Gasteiger partial charge on any atom is -0.484 e. The smallest absolute Gasteiger partial charge is 0.264 e. The highest BCUT2D eigenvalue weighted by molar-refractivity contribution is 7.22. The summed E-state index contributed by atoms with van der Waals surface area (Å²) in [5, 5.41) is 3.43. The van der Waals surface area contributed by atoms with E-state index in [2.05, 4.69) is 29.4 Å². The molecule has 2 aromatic carbocycles. The Kier molecular flexibility index (Phi) is 5.66. The molecule has 0 radical (unpaired) electrons. The van der Waals surface area contributed by atoms with Crippen LogP contribution in [0.2, 0.25) is 0 Å². The molecule has 1 amide bonds. The van der Waals surface area contributed by atoms with E-state index < -0.39 is 0 Å². The lowest BCUT2D eigenvalue weighted by Gasteiger charge is -2.05. The first-order valence-corrected chi connectivity index (χ1v) is 9.34. The van der Waals surface area contributed by atoms with E-state index in [1.54, 1.807) is 0 Å². The molecule has 0 fully saturated rings. The summed E-state index contributed by atoms with van der Waals surface area (Å²) in [7, 11) is 0. The van der Waals surface area contributed by atoms with E-state index in [0.29, 0.717) is 10.9 Å². The Morgan fingerprint density at radius 2 is 2.00 bits per heavy atom. The first kappa shape index (κ1) is 17.4. The molecule has 130 valence electrons. The normalized spacial score (nSPS) is 10.8. The molecule has 1 heterocycles. The van der Waals surface area contributed by atoms with Crippen molar-refractivity contribution in [1.29, 1.82) is 0 Å². The molecule has 0 spiro atoms. The predicted molar refractivity (Wildman–Crippen MR) is 104 cm³/mol. The van der Waals surface area contributed by atoms with E-state index >= 15 is 0 Å². The van der Waals surface area contributed by atoms with Gasteiger partial charge in [0.1, 0.15) is 5.75 Å². The van der Waals surface area contributed by atoms with Crippen molar-refractivity contribution in [3.8, 4) is 5.75 Å². The number of unbranched alkanes of at least 4 members (excludes halogenated alkanes) is 1. The molecule has 0 aliphatic carbocycles. The first-order valence-electron chi connectivity index (χ1n) is 8.53. The number of nitrogens with one attached hydrogen (secondary N) is 1. The van der Waals surface area contributed by atoms with Crippen LogP contribution in [0.25, 0.3) is 10.2 Å². The molecule has 3 aromatic rings. The highest BCUT2D eigenvalue weighted by atomic mass is 32.1. The van der Waals surface area contributed by atoms with Gasteiger partial charge >= 0.3 is 0 Å². The van der Waals surface area contributed by atoms with E-state index in [1.165, 1.54) is 29.7 Å². The van der Waals surface area contributed by atoms with Crippen LogP contribution in [0.3, 0.4) is 0 Å². The minimum absolute atomic E-state index is 0.0270. The summed E-state index contributed by atoms with van der Waals surface area (Å²) >= 11 is 1.50. The van der Waals surface area contributed by atoms with Gasteiger partial charge < -0.3 is 4.74 Å². The summed E-state index contributed by atoms with van der Waals surface area (Å²) in [6.07, 6.45) is 3.45. The molecule has 5 heteroatoms. The average molecular weight is 354 g/mol. The second-order valence-corrected chi connectivity index (χ2v) is 7.11. The number of anilines is 1. The maximum Gasteiger partial charge on any atom is 0.264 e. The van der Waals surface area contributed by atoms with Gasteiger partial charge in [0, 0.05) is 0 Å². The van der Waals surface area contributed by atoms with Crippen molar-refractivity contribution in [3.63, 3.8) is 0 Å². The predicted octanol–water partition coefficient (Wildman–Crippen LogP) is 4.96. The van der Waals surface area contributed by atoms with Crippen LogP contribution in [0.5, 0.6) is 5.75 Å². The maximum atomic E-state index is 12.1. The number of ether oxygens (including phenoxy) is 1. The minimum atomic E-state index is -0.203. The highest BCUT2D eigenvalue weighted by Crippen LogP contribution is 2.27. The largest absolute Gasteiger partial charge is 0.484 e. The number of hydrogen-bond acceptors (Lipinski definition) is 4. The van der Waals surface area contributed by atoms with E-state index in [9.17, 15) is 4.79 Å². The molecule has 0 bridgehead atoms. The van der Waals surface area contributed by atoms with Crippen LogP contribution in [0, 0.1) is 6.92 Å². The molecule has 0 atom stereocenters. The van der Waals surface area contributed by atoms with Gasteiger partial charge in [-0.3, -0.25) is 10.1 Å². The van der Waals surface area contributed by atoms with Crippen molar-refractivity contribution in [2.45, 2.75) is 33.1 Å². The van der Waals surface area contributed by atoms with E-state index in [1.807, 2.05) is 37.3 Å². The third kappa shape index (κ3) is 4.79. The Morgan fingerprint density at radius 3 is 2.76 bits per heavy atom. The third-order valence-electron chi connectivity index (χ3n) is 3.91. The topological polar surface area (TPSA) is 51.2 Å². The fourth-order valence-electron chi connectivity index (χ4n) is 2.50. The van der Waals surface area contributed by atoms with Crippen molar-refractivity contribution in [2.24, 2.45) is 0 Å². The lowest BCUT2D eigenvalue weighted by Crippen LogP contribution is -2.19. The standard InChI is InChI=1S/C20H22N2O2S/c1-3-4-5-15-8-11-17-18(12-15)25-20(21-17)22-19(23)13-24-16-9-6-14(2)7-10-16/h6-12H,3-5,13H2,1-2H3,(H,21,22,23). The van der Waals surface area contributed by atoms with Crippen LogP contribution >= 0.6 is 11.3 Å². The fourth-order valence-corrected chi connectivity index (χ4v) is 3.44. The van der Waals surface area contributed by atoms with Crippen LogP contribution in [0.1, 0.15) is 30.9 Å². The van der Waals surface area contributed by atoms with Gasteiger partial charge in [-0.05, 0) is 49.6 Å². The quantitative estimate of drug-likeness (QED) is 0.652. The summed E-state index contributed by atoms with van der Waals surface area (Å²) in [4.78, 5) is 16.5. The third-order valence-corrected chi connectivity index (χ3v) is 4.84. The zero-order valence-electron chi connectivity index (χ0n) is 14.5. The number of aromatic nitrogens is 1. The van der Waals surface area contributed by atoms with Crippen LogP contribution in [0.15, 0.2) is 42.5 Å². The number of thiazole rings is 1. The lowest BCUT2D eigenvalue weighted by molar-refractivity contribution is -0.118. The van der Waals surface area contributed by atoms with Crippen molar-refractivity contribution in [1.82, 2.24) is 4.98 Å². The molecule has 0 aliphatic rings. The molecular formula is C20H22N2O2S. The molecule has 4 nitrogen and oxygen atoms in total. The van der Waals surface area contributed by atoms with Gasteiger partial charge in [-0.1, -0.05) is 48.4 Å². The molecule has 0 unspecified atom stereocenters. The van der Waals surface area contributed by atoms with Gasteiger partial charge in [-0.15, -0.1) is 0 Å². The van der Waals surface area contributed by atoms with Crippen LogP contribution in [0.4, 0.5) is 5.13 Å². The van der Waals surface area contributed by atoms with E-state index in [0.717, 1.165) is 22.2 Å². The number of amides is 1. The van der Waals surface area contributed by atoms with Crippen LogP contribution in [-0.4, -0.2) is 17.5 Å². The second kappa shape index (κ2) is 8.12. The zero-order chi connectivity index (χ0) is 17.6. The average Bonchev–Trinajstić information content (AvgIpc) is 3.00. The number of carbonyl (C=O) groups excluding carboxylic acids is 1. The molecule has 0 saturated carbocycles. The molecule has 0 saturated heterocycles. The molecule has 1 aromatic heterocycles. The number of hydrogen-bond donors (Lipinski definition) is 1. The lowest BCUT2D eigenvalue weighted by atomic mass is 10.1. The number of rotatable bonds is 7. The van der Waals surface area contributed by atoms with Crippen LogP contribution < -0.4 is 10.1 Å². The summed E-state index contributed by atoms with van der Waals surface area (Å²) in [5.74, 6) is 0.483. The fraction of sp³-hybridized carbons (Fsp3) is 0.300. The first-order chi connectivity index (χ1) is 12.1. The number of nitrogens with zero attached hydrogens (tertiary/aromatic N) is 1. The second-order valence-electron chi connectivity index (χ2n) is 6.07. The Balaban J connectivity index is 1.59. The summed E-state index contributed by atoms with van der Waals surface area (Å²) in [5.41, 5.74) is 3.39. The van der Waals surface area contributed by atoms with Gasteiger partial charge in [0.05, 0.1) is 10.2 Å². The van der Waals surface area contributed by atoms with Crippen molar-refractivity contribution in [2.75, 3.05) is 11.9 Å². The monoisotopic (exact) mass is 354 g/mol. The number of aryl methyl sites for hydroxylation is 2. The zero-order valence-corrected chi connectivity index (χ0v) is 15.4. The molecule has 1 N–H and O–H groups in total. The Morgan fingerprint density at radius 1 is 1.20 bits per heavy atom. The molecule has 0 aliphatic heterocycles. The molecule has 25 heavy (non-hydrogen) atoms. The summed E-state index contributed by atoms with van der Waals surface area (Å²) in [6, 6.07) is 13.9. The molecular weight excluding hydrogens is 332 g/mol. The van der Waals surface area contributed by atoms with E-state index in [-0.39, 0.29) is 12.5 Å². The Bertz CT molecular complexity index is 856. The molecule has 3 rings (SSSR count). The van der Waals surface area contributed by atoms with Crippen molar-refractivity contribution < 1.29 is 9.53 Å². The van der Waals surface area contributed by atoms with Gasteiger partial charge in [0.25, 0.3) is 5.91 Å². The van der Waals surface area contributed by atoms with Gasteiger partial charge in [0.2, 0.25) is 0 Å². The van der Waals surface area contributed by atoms with Crippen LogP contribution in [-0.2, 0) is 11.2 Å². The number of carbonyl (C=O) groups is 1. The van der Waals surface area contributed by atoms with Gasteiger partial charge in [0.15, 0.2) is 11.7 Å². The van der Waals surface area contributed by atoms with Gasteiger partial charge in [-0.2, -0.15) is 0 Å². The van der Waals surface area contributed by atoms with Crippen molar-refractivity contribution in [3.05, 3.63) is 53.6 Å². The SMILES string of the molecule is CCCCc1ccc2nc(NC(=O)COc3ccc(C)cc3)sc2c1. The maximum absolute atomic E-state index is 12.1. The van der Waals surface area contributed by atoms with Gasteiger partial charge in [-0.25, -0.2) is 4.98 Å².